The fraction of sp³-hybridized carbons (Fsp3) is 0.273. The SMILES string of the molecule is CCc1nnc(COc2cccc(F)c2)o1. The van der Waals surface area contributed by atoms with Gasteiger partial charge in [0.05, 0.1) is 0 Å². The number of nitrogens with zero attached hydrogens (tertiary/aromatic N) is 2. The Morgan fingerprint density at radius 3 is 2.81 bits per heavy atom. The zero-order valence-corrected chi connectivity index (χ0v) is 8.81. The number of benzene rings is 1. The first-order valence-electron chi connectivity index (χ1n) is 4.97. The topological polar surface area (TPSA) is 48.2 Å². The summed E-state index contributed by atoms with van der Waals surface area (Å²) < 4.78 is 23.4. The Bertz CT molecular complexity index is 471. The van der Waals surface area contributed by atoms with Crippen molar-refractivity contribution in [2.75, 3.05) is 0 Å². The van der Waals surface area contributed by atoms with Crippen molar-refractivity contribution in [1.82, 2.24) is 10.2 Å². The Morgan fingerprint density at radius 2 is 2.12 bits per heavy atom. The van der Waals surface area contributed by atoms with Crippen LogP contribution in [0.3, 0.4) is 0 Å². The van der Waals surface area contributed by atoms with Crippen LogP contribution in [0.5, 0.6) is 5.75 Å². The monoisotopic (exact) mass is 222 g/mol. The molecular formula is C11H11FN2O2. The number of ether oxygens (including phenoxy) is 1. The lowest BCUT2D eigenvalue weighted by molar-refractivity contribution is 0.258. The molecule has 0 radical (unpaired) electrons. The van der Waals surface area contributed by atoms with E-state index in [0.29, 0.717) is 24.0 Å². The van der Waals surface area contributed by atoms with E-state index in [9.17, 15) is 4.39 Å². The van der Waals surface area contributed by atoms with Gasteiger partial charge < -0.3 is 9.15 Å². The van der Waals surface area contributed by atoms with Crippen molar-refractivity contribution >= 4 is 0 Å². The third kappa shape index (κ3) is 2.56. The first-order chi connectivity index (χ1) is 7.78. The van der Waals surface area contributed by atoms with Crippen LogP contribution in [0, 0.1) is 5.82 Å². The van der Waals surface area contributed by atoms with Crippen molar-refractivity contribution in [3.05, 3.63) is 41.9 Å². The lowest BCUT2D eigenvalue weighted by Gasteiger charge is -2.02. The molecule has 5 heteroatoms. The second-order valence-corrected chi connectivity index (χ2v) is 3.19. The van der Waals surface area contributed by atoms with Crippen LogP contribution in [0.1, 0.15) is 18.7 Å². The number of aromatic nitrogens is 2. The number of hydrogen-bond acceptors (Lipinski definition) is 4. The minimum Gasteiger partial charge on any atom is -0.484 e. The van der Waals surface area contributed by atoms with Crippen molar-refractivity contribution in [3.8, 4) is 5.75 Å². The van der Waals surface area contributed by atoms with Crippen molar-refractivity contribution in [1.29, 1.82) is 0 Å². The van der Waals surface area contributed by atoms with E-state index in [2.05, 4.69) is 10.2 Å². The van der Waals surface area contributed by atoms with E-state index in [1.165, 1.54) is 12.1 Å². The zero-order chi connectivity index (χ0) is 11.4. The maximum atomic E-state index is 12.8. The lowest BCUT2D eigenvalue weighted by Crippen LogP contribution is -1.95. The van der Waals surface area contributed by atoms with Gasteiger partial charge in [-0.2, -0.15) is 0 Å². The lowest BCUT2D eigenvalue weighted by atomic mass is 10.3. The minimum atomic E-state index is -0.336. The average molecular weight is 222 g/mol. The molecule has 4 nitrogen and oxygen atoms in total. The molecule has 2 aromatic rings. The normalized spacial score (nSPS) is 10.4. The van der Waals surface area contributed by atoms with Crippen LogP contribution in [0.2, 0.25) is 0 Å². The molecule has 1 heterocycles. The summed E-state index contributed by atoms with van der Waals surface area (Å²) in [7, 11) is 0. The van der Waals surface area contributed by atoms with E-state index in [1.807, 2.05) is 6.92 Å². The molecule has 0 saturated carbocycles. The molecule has 0 spiro atoms. The summed E-state index contributed by atoms with van der Waals surface area (Å²) in [5.74, 6) is 1.06. The Kier molecular flexibility index (Phi) is 3.14. The van der Waals surface area contributed by atoms with Gasteiger partial charge in [-0.1, -0.05) is 13.0 Å². The quantitative estimate of drug-likeness (QED) is 0.796. The molecule has 1 aromatic heterocycles. The summed E-state index contributed by atoms with van der Waals surface area (Å²) in [5.41, 5.74) is 0. The van der Waals surface area contributed by atoms with Crippen LogP contribution in [0.25, 0.3) is 0 Å². The van der Waals surface area contributed by atoms with Crippen LogP contribution in [-0.2, 0) is 13.0 Å². The fourth-order valence-electron chi connectivity index (χ4n) is 1.19. The van der Waals surface area contributed by atoms with Crippen LogP contribution >= 0.6 is 0 Å². The van der Waals surface area contributed by atoms with Crippen LogP contribution < -0.4 is 4.74 Å². The number of hydrogen-bond donors (Lipinski definition) is 0. The van der Waals surface area contributed by atoms with Gasteiger partial charge in [0, 0.05) is 12.5 Å². The first kappa shape index (κ1) is 10.6. The Morgan fingerprint density at radius 1 is 1.31 bits per heavy atom. The molecule has 84 valence electrons. The molecule has 0 unspecified atom stereocenters. The molecule has 0 aliphatic carbocycles. The number of rotatable bonds is 4. The van der Waals surface area contributed by atoms with Gasteiger partial charge in [0.2, 0.25) is 5.89 Å². The Labute approximate surface area is 92.1 Å². The number of halogens is 1. The largest absolute Gasteiger partial charge is 0.484 e. The average Bonchev–Trinajstić information content (AvgIpc) is 2.74. The molecule has 0 aliphatic heterocycles. The first-order valence-corrected chi connectivity index (χ1v) is 4.97. The molecule has 0 N–H and O–H groups in total. The highest BCUT2D eigenvalue weighted by molar-refractivity contribution is 5.22. The van der Waals surface area contributed by atoms with Gasteiger partial charge in [-0.15, -0.1) is 10.2 Å². The number of aryl methyl sites for hydroxylation is 1. The summed E-state index contributed by atoms with van der Waals surface area (Å²) in [5, 5.41) is 7.58. The highest BCUT2D eigenvalue weighted by Crippen LogP contribution is 2.13. The summed E-state index contributed by atoms with van der Waals surface area (Å²) in [6, 6.07) is 5.90. The summed E-state index contributed by atoms with van der Waals surface area (Å²) >= 11 is 0. The minimum absolute atomic E-state index is 0.149. The van der Waals surface area contributed by atoms with Gasteiger partial charge in [0.1, 0.15) is 11.6 Å². The van der Waals surface area contributed by atoms with Crippen LogP contribution in [0.15, 0.2) is 28.7 Å². The molecular weight excluding hydrogens is 211 g/mol. The highest BCUT2D eigenvalue weighted by Gasteiger charge is 2.05. The molecule has 0 atom stereocenters. The molecule has 0 saturated heterocycles. The second kappa shape index (κ2) is 4.74. The molecule has 0 bridgehead atoms. The van der Waals surface area contributed by atoms with Gasteiger partial charge in [-0.3, -0.25) is 0 Å². The third-order valence-electron chi connectivity index (χ3n) is 1.97. The molecule has 1 aromatic carbocycles. The van der Waals surface area contributed by atoms with E-state index >= 15 is 0 Å². The van der Waals surface area contributed by atoms with Crippen LogP contribution in [0.4, 0.5) is 4.39 Å². The Balaban J connectivity index is 1.96. The van der Waals surface area contributed by atoms with E-state index in [0.717, 1.165) is 0 Å². The van der Waals surface area contributed by atoms with E-state index in [1.54, 1.807) is 12.1 Å². The maximum Gasteiger partial charge on any atom is 0.253 e. The molecule has 2 rings (SSSR count). The molecule has 0 amide bonds. The van der Waals surface area contributed by atoms with E-state index < -0.39 is 0 Å². The molecule has 0 fully saturated rings. The summed E-state index contributed by atoms with van der Waals surface area (Å²) in [6.45, 7) is 2.07. The van der Waals surface area contributed by atoms with Crippen molar-refractivity contribution < 1.29 is 13.5 Å². The summed E-state index contributed by atoms with van der Waals surface area (Å²) in [4.78, 5) is 0. The van der Waals surface area contributed by atoms with Crippen molar-refractivity contribution in [3.63, 3.8) is 0 Å². The predicted molar refractivity (Wildman–Crippen MR) is 54.4 cm³/mol. The summed E-state index contributed by atoms with van der Waals surface area (Å²) in [6.07, 6.45) is 0.687. The van der Waals surface area contributed by atoms with E-state index in [-0.39, 0.29) is 12.4 Å². The highest BCUT2D eigenvalue weighted by atomic mass is 19.1. The van der Waals surface area contributed by atoms with Gasteiger partial charge in [0.25, 0.3) is 5.89 Å². The molecule has 16 heavy (non-hydrogen) atoms. The smallest absolute Gasteiger partial charge is 0.253 e. The Hall–Kier alpha value is -1.91. The van der Waals surface area contributed by atoms with Gasteiger partial charge >= 0.3 is 0 Å². The second-order valence-electron chi connectivity index (χ2n) is 3.19. The van der Waals surface area contributed by atoms with Crippen molar-refractivity contribution in [2.45, 2.75) is 20.0 Å². The fourth-order valence-corrected chi connectivity index (χ4v) is 1.19. The zero-order valence-electron chi connectivity index (χ0n) is 8.81. The standard InChI is InChI=1S/C11H11FN2O2/c1-2-10-13-14-11(16-10)7-15-9-5-3-4-8(12)6-9/h3-6H,2,7H2,1H3. The van der Waals surface area contributed by atoms with Gasteiger partial charge in [0.15, 0.2) is 6.61 Å². The van der Waals surface area contributed by atoms with Crippen LogP contribution in [-0.4, -0.2) is 10.2 Å². The van der Waals surface area contributed by atoms with Gasteiger partial charge in [-0.05, 0) is 12.1 Å². The van der Waals surface area contributed by atoms with Gasteiger partial charge in [-0.25, -0.2) is 4.39 Å². The van der Waals surface area contributed by atoms with Crippen molar-refractivity contribution in [2.24, 2.45) is 0 Å². The maximum absolute atomic E-state index is 12.8. The molecule has 0 aliphatic rings. The third-order valence-corrected chi connectivity index (χ3v) is 1.97. The van der Waals surface area contributed by atoms with E-state index in [4.69, 9.17) is 9.15 Å². The predicted octanol–water partition coefficient (Wildman–Crippen LogP) is 2.35.